The molecule has 0 heterocycles. The van der Waals surface area contributed by atoms with E-state index >= 15 is 0 Å². The lowest BCUT2D eigenvalue weighted by molar-refractivity contribution is -0.917. The highest BCUT2D eigenvalue weighted by Gasteiger charge is 2.33. The van der Waals surface area contributed by atoms with Crippen LogP contribution in [0.3, 0.4) is 0 Å². The molecule has 4 heteroatoms. The van der Waals surface area contributed by atoms with Gasteiger partial charge in [-0.05, 0) is 31.4 Å². The Morgan fingerprint density at radius 3 is 1.87 bits per heavy atom. The van der Waals surface area contributed by atoms with Crippen LogP contribution in [-0.2, 0) is 22.5 Å². The summed E-state index contributed by atoms with van der Waals surface area (Å²) in [7, 11) is 4.13. The number of para-hydroxylation sites is 1. The Morgan fingerprint density at radius 2 is 1.26 bits per heavy atom. The molecule has 2 atom stereocenters. The second kappa shape index (κ2) is 18.0. The third-order valence-electron chi connectivity index (χ3n) is 7.67. The molecule has 0 aliphatic heterocycles. The fraction of sp³-hybridized carbons (Fsp3) is 0.618. The number of hydrogen-bond donors (Lipinski definition) is 0. The summed E-state index contributed by atoms with van der Waals surface area (Å²) < 4.78 is 12.4. The van der Waals surface area contributed by atoms with Gasteiger partial charge in [-0.2, -0.15) is 0 Å². The van der Waals surface area contributed by atoms with Crippen molar-refractivity contribution in [1.29, 1.82) is 0 Å². The molecule has 212 valence electrons. The highest BCUT2D eigenvalue weighted by Crippen LogP contribution is 2.23. The molecular weight excluding hydrogens is 470 g/mol. The van der Waals surface area contributed by atoms with Crippen LogP contribution >= 0.6 is 0 Å². The Bertz CT molecular complexity index is 896. The van der Waals surface area contributed by atoms with Crippen molar-refractivity contribution >= 4 is 5.97 Å². The van der Waals surface area contributed by atoms with Gasteiger partial charge in [-0.25, -0.2) is 4.79 Å². The number of aryl methyl sites for hydroxylation is 1. The van der Waals surface area contributed by atoms with Crippen LogP contribution in [0, 0.1) is 0 Å². The Hall–Kier alpha value is -2.33. The van der Waals surface area contributed by atoms with E-state index in [1.165, 1.54) is 81.8 Å². The number of carbonyl (C=O) groups is 1. The molecule has 2 aromatic carbocycles. The van der Waals surface area contributed by atoms with E-state index in [0.717, 1.165) is 25.1 Å². The monoisotopic (exact) mass is 524 g/mol. The Labute approximate surface area is 233 Å². The number of likely N-dealkylation sites (N-methyl/N-ethyl adjacent to an activating group) is 1. The van der Waals surface area contributed by atoms with E-state index in [4.69, 9.17) is 9.47 Å². The second-order valence-electron chi connectivity index (χ2n) is 11.5. The predicted molar refractivity (Wildman–Crippen MR) is 159 cm³/mol. The van der Waals surface area contributed by atoms with Gasteiger partial charge in [0.25, 0.3) is 0 Å². The van der Waals surface area contributed by atoms with Crippen molar-refractivity contribution in [2.45, 2.75) is 123 Å². The van der Waals surface area contributed by atoms with Crippen molar-refractivity contribution in [3.8, 4) is 5.75 Å². The van der Waals surface area contributed by atoms with Gasteiger partial charge in [-0.3, -0.25) is 0 Å². The van der Waals surface area contributed by atoms with Crippen LogP contribution < -0.4 is 4.74 Å². The molecule has 0 aliphatic carbocycles. The first kappa shape index (κ1) is 31.9. The molecule has 0 aromatic heterocycles. The van der Waals surface area contributed by atoms with Gasteiger partial charge in [-0.15, -0.1) is 0 Å². The van der Waals surface area contributed by atoms with Crippen LogP contribution in [0.5, 0.6) is 5.75 Å². The van der Waals surface area contributed by atoms with Crippen LogP contribution in [0.25, 0.3) is 0 Å². The minimum Gasteiger partial charge on any atom is -0.455 e. The molecule has 4 nitrogen and oxygen atoms in total. The third-order valence-corrected chi connectivity index (χ3v) is 7.67. The zero-order valence-corrected chi connectivity index (χ0v) is 24.9. The average molecular weight is 525 g/mol. The summed E-state index contributed by atoms with van der Waals surface area (Å²) in [5.41, 5.74) is 2.39. The van der Waals surface area contributed by atoms with Gasteiger partial charge in [0.1, 0.15) is 12.3 Å². The summed E-state index contributed by atoms with van der Waals surface area (Å²) >= 11 is 0. The van der Waals surface area contributed by atoms with E-state index in [1.807, 2.05) is 44.2 Å². The highest BCUT2D eigenvalue weighted by molar-refractivity contribution is 5.74. The van der Waals surface area contributed by atoms with E-state index in [2.05, 4.69) is 45.3 Å². The van der Waals surface area contributed by atoms with Gasteiger partial charge in [-0.1, -0.05) is 126 Å². The predicted octanol–water partition coefficient (Wildman–Crippen LogP) is 8.86. The highest BCUT2D eigenvalue weighted by atomic mass is 16.7. The van der Waals surface area contributed by atoms with Gasteiger partial charge in [0.2, 0.25) is 6.29 Å². The molecule has 0 N–H and O–H groups in total. The molecule has 0 bridgehead atoms. The lowest BCUT2D eigenvalue weighted by Gasteiger charge is -2.35. The second-order valence-corrected chi connectivity index (χ2v) is 11.5. The summed E-state index contributed by atoms with van der Waals surface area (Å²) in [6.07, 6.45) is 16.5. The molecule has 0 spiro atoms. The Kier molecular flexibility index (Phi) is 15.1. The standard InChI is InChI=1S/C34H54NO3/c1-6-7-8-9-10-11-12-13-14-15-16-20-25-32-26-21-22-27-33(32)37-30(3)38-34(36)29(2)35(4,5)28-31-23-18-17-19-24-31/h17-19,21-24,26-27,29-30H,6-16,20,25,28H2,1-5H3/q+1. The van der Waals surface area contributed by atoms with E-state index in [-0.39, 0.29) is 12.0 Å². The van der Waals surface area contributed by atoms with E-state index in [9.17, 15) is 4.79 Å². The van der Waals surface area contributed by atoms with Crippen molar-refractivity contribution in [3.63, 3.8) is 0 Å². The number of esters is 1. The summed E-state index contributed by atoms with van der Waals surface area (Å²) in [4.78, 5) is 12.9. The number of benzene rings is 2. The van der Waals surface area contributed by atoms with E-state index < -0.39 is 6.29 Å². The average Bonchev–Trinajstić information content (AvgIpc) is 2.90. The molecule has 0 fully saturated rings. The van der Waals surface area contributed by atoms with Gasteiger partial charge in [0, 0.05) is 12.5 Å². The normalized spacial score (nSPS) is 13.2. The molecule has 2 rings (SSSR count). The molecule has 0 saturated carbocycles. The smallest absolute Gasteiger partial charge is 0.367 e. The maximum atomic E-state index is 12.9. The molecule has 2 unspecified atom stereocenters. The number of rotatable bonds is 20. The first-order valence-electron chi connectivity index (χ1n) is 15.1. The summed E-state index contributed by atoms with van der Waals surface area (Å²) in [5, 5.41) is 0. The first-order chi connectivity index (χ1) is 18.3. The molecule has 38 heavy (non-hydrogen) atoms. The van der Waals surface area contributed by atoms with Gasteiger partial charge >= 0.3 is 5.97 Å². The summed E-state index contributed by atoms with van der Waals surface area (Å²) in [6, 6.07) is 18.1. The molecule has 2 aromatic rings. The van der Waals surface area contributed by atoms with Crippen LogP contribution in [0.4, 0.5) is 0 Å². The fourth-order valence-corrected chi connectivity index (χ4v) is 4.92. The lowest BCUT2D eigenvalue weighted by atomic mass is 10.0. The SMILES string of the molecule is CCCCCCCCCCCCCCc1ccccc1OC(C)OC(=O)C(C)[N+](C)(C)Cc1ccccc1. The van der Waals surface area contributed by atoms with Crippen molar-refractivity contribution < 1.29 is 18.8 Å². The molecule has 0 saturated heterocycles. The molecule has 0 amide bonds. The molecule has 0 radical (unpaired) electrons. The van der Waals surface area contributed by atoms with Crippen molar-refractivity contribution in [3.05, 3.63) is 65.7 Å². The van der Waals surface area contributed by atoms with Gasteiger partial charge < -0.3 is 14.0 Å². The minimum absolute atomic E-state index is 0.239. The number of ether oxygens (including phenoxy) is 2. The van der Waals surface area contributed by atoms with Crippen LogP contribution in [0.15, 0.2) is 54.6 Å². The summed E-state index contributed by atoms with van der Waals surface area (Å²) in [6.45, 7) is 6.77. The lowest BCUT2D eigenvalue weighted by Crippen LogP contribution is -2.51. The first-order valence-corrected chi connectivity index (χ1v) is 15.1. The number of carbonyl (C=O) groups excluding carboxylic acids is 1. The zero-order chi connectivity index (χ0) is 27.6. The van der Waals surface area contributed by atoms with Crippen LogP contribution in [0.2, 0.25) is 0 Å². The summed E-state index contributed by atoms with van der Waals surface area (Å²) in [5.74, 6) is 0.582. The van der Waals surface area contributed by atoms with Gasteiger partial charge in [0.15, 0.2) is 6.04 Å². The number of quaternary nitrogens is 1. The van der Waals surface area contributed by atoms with Crippen molar-refractivity contribution in [2.75, 3.05) is 14.1 Å². The van der Waals surface area contributed by atoms with E-state index in [0.29, 0.717) is 4.48 Å². The largest absolute Gasteiger partial charge is 0.455 e. The third kappa shape index (κ3) is 12.5. The fourth-order valence-electron chi connectivity index (χ4n) is 4.92. The Balaban J connectivity index is 1.69. The maximum Gasteiger partial charge on any atom is 0.367 e. The van der Waals surface area contributed by atoms with E-state index in [1.54, 1.807) is 0 Å². The Morgan fingerprint density at radius 1 is 0.737 bits per heavy atom. The maximum absolute atomic E-state index is 12.9. The van der Waals surface area contributed by atoms with Crippen LogP contribution in [0.1, 0.15) is 109 Å². The van der Waals surface area contributed by atoms with Crippen molar-refractivity contribution in [2.24, 2.45) is 0 Å². The quantitative estimate of drug-likeness (QED) is 0.0751. The zero-order valence-electron chi connectivity index (χ0n) is 24.9. The van der Waals surface area contributed by atoms with Crippen molar-refractivity contribution in [1.82, 2.24) is 0 Å². The van der Waals surface area contributed by atoms with Gasteiger partial charge in [0.05, 0.1) is 14.1 Å². The topological polar surface area (TPSA) is 35.5 Å². The molecule has 0 aliphatic rings. The van der Waals surface area contributed by atoms with Crippen LogP contribution in [-0.4, -0.2) is 36.9 Å². The minimum atomic E-state index is -0.634. The number of hydrogen-bond acceptors (Lipinski definition) is 3. The molecular formula is C34H54NO3+. The number of nitrogens with zero attached hydrogens (tertiary/aromatic N) is 1. The number of unbranched alkanes of at least 4 members (excludes halogenated alkanes) is 11.